The van der Waals surface area contributed by atoms with E-state index in [9.17, 15) is 4.79 Å². The fraction of sp³-hybridized carbons (Fsp3) is 0.333. The van der Waals surface area contributed by atoms with E-state index in [2.05, 4.69) is 35.0 Å². The quantitative estimate of drug-likeness (QED) is 0.502. The highest BCUT2D eigenvalue weighted by Crippen LogP contribution is 2.31. The number of piperidine rings is 1. The van der Waals surface area contributed by atoms with Crippen molar-refractivity contribution in [1.29, 1.82) is 0 Å². The van der Waals surface area contributed by atoms with Crippen LogP contribution in [0.1, 0.15) is 24.1 Å². The lowest BCUT2D eigenvalue weighted by atomic mass is 9.95. The molecule has 1 fully saturated rings. The number of allylic oxidation sites excluding steroid dienone is 1. The van der Waals surface area contributed by atoms with Crippen molar-refractivity contribution in [3.63, 3.8) is 0 Å². The number of para-hydroxylation sites is 1. The highest BCUT2D eigenvalue weighted by Gasteiger charge is 2.26. The van der Waals surface area contributed by atoms with E-state index in [0.717, 1.165) is 67.3 Å². The summed E-state index contributed by atoms with van der Waals surface area (Å²) in [5, 5.41) is 7.73. The molecule has 2 heterocycles. The van der Waals surface area contributed by atoms with E-state index in [-0.39, 0.29) is 11.8 Å². The van der Waals surface area contributed by atoms with E-state index in [1.54, 1.807) is 7.11 Å². The number of nitrogens with one attached hydrogen (secondary N) is 1. The highest BCUT2D eigenvalue weighted by atomic mass is 16.5. The monoisotopic (exact) mass is 444 g/mol. The van der Waals surface area contributed by atoms with Gasteiger partial charge >= 0.3 is 0 Å². The summed E-state index contributed by atoms with van der Waals surface area (Å²) in [6.07, 6.45) is 5.66. The number of methoxy groups -OCH3 is 1. The second kappa shape index (κ2) is 10.5. The van der Waals surface area contributed by atoms with Crippen molar-refractivity contribution in [2.75, 3.05) is 25.5 Å². The fourth-order valence-corrected chi connectivity index (χ4v) is 4.40. The van der Waals surface area contributed by atoms with Crippen molar-refractivity contribution < 1.29 is 9.53 Å². The van der Waals surface area contributed by atoms with Crippen LogP contribution in [0, 0.1) is 12.8 Å². The molecule has 4 rings (SSSR count). The molecule has 0 saturated carbocycles. The zero-order chi connectivity index (χ0) is 23.2. The van der Waals surface area contributed by atoms with Crippen molar-refractivity contribution >= 4 is 11.6 Å². The molecule has 1 N–H and O–H groups in total. The van der Waals surface area contributed by atoms with Gasteiger partial charge in [-0.25, -0.2) is 0 Å². The lowest BCUT2D eigenvalue weighted by Crippen LogP contribution is -2.37. The van der Waals surface area contributed by atoms with Gasteiger partial charge in [0, 0.05) is 35.5 Å². The molecule has 0 unspecified atom stereocenters. The minimum absolute atomic E-state index is 0.0178. The third-order valence-corrected chi connectivity index (χ3v) is 6.28. The first kappa shape index (κ1) is 22.8. The van der Waals surface area contributed by atoms with Gasteiger partial charge in [-0.3, -0.25) is 14.4 Å². The molecule has 0 bridgehead atoms. The van der Waals surface area contributed by atoms with Crippen LogP contribution >= 0.6 is 0 Å². The van der Waals surface area contributed by atoms with Crippen molar-refractivity contribution in [1.82, 2.24) is 14.7 Å². The van der Waals surface area contributed by atoms with Crippen LogP contribution in [0.25, 0.3) is 11.1 Å². The summed E-state index contributed by atoms with van der Waals surface area (Å²) in [5.74, 6) is 0.912. The lowest BCUT2D eigenvalue weighted by molar-refractivity contribution is -0.121. The minimum Gasteiger partial charge on any atom is -0.497 e. The number of nitrogens with zero attached hydrogens (tertiary/aromatic N) is 3. The average Bonchev–Trinajstić information content (AvgIpc) is 3.18. The van der Waals surface area contributed by atoms with E-state index >= 15 is 0 Å². The molecule has 0 spiro atoms. The SMILES string of the molecule is C=CCn1cc(CN2CCC(C(=O)Nc3ccccc3-c3cccc(OC)c3)CC2)c(C)n1. The zero-order valence-corrected chi connectivity index (χ0v) is 19.5. The predicted octanol–water partition coefficient (Wildman–Crippen LogP) is 4.90. The first-order chi connectivity index (χ1) is 16.1. The minimum atomic E-state index is 0.0178. The second-order valence-corrected chi connectivity index (χ2v) is 8.57. The van der Waals surface area contributed by atoms with Crippen molar-refractivity contribution in [3.8, 4) is 16.9 Å². The molecule has 0 radical (unpaired) electrons. The summed E-state index contributed by atoms with van der Waals surface area (Å²) in [6, 6.07) is 15.8. The summed E-state index contributed by atoms with van der Waals surface area (Å²) >= 11 is 0. The maximum Gasteiger partial charge on any atom is 0.227 e. The first-order valence-electron chi connectivity index (χ1n) is 11.5. The molecule has 0 aliphatic carbocycles. The third kappa shape index (κ3) is 5.52. The average molecular weight is 445 g/mol. The topological polar surface area (TPSA) is 59.4 Å². The number of carbonyl (C=O) groups excluding carboxylic acids is 1. The van der Waals surface area contributed by atoms with Gasteiger partial charge in [0.15, 0.2) is 0 Å². The Kier molecular flexibility index (Phi) is 7.25. The van der Waals surface area contributed by atoms with Crippen LogP contribution < -0.4 is 10.1 Å². The molecule has 1 aliphatic heterocycles. The molecule has 1 saturated heterocycles. The first-order valence-corrected chi connectivity index (χ1v) is 11.5. The highest BCUT2D eigenvalue weighted by molar-refractivity contribution is 5.96. The number of carbonyl (C=O) groups is 1. The Labute approximate surface area is 195 Å². The fourth-order valence-electron chi connectivity index (χ4n) is 4.40. The van der Waals surface area contributed by atoms with Crippen molar-refractivity contribution in [3.05, 3.63) is 78.6 Å². The second-order valence-electron chi connectivity index (χ2n) is 8.57. The Morgan fingerprint density at radius 3 is 2.76 bits per heavy atom. The maximum atomic E-state index is 13.1. The Bertz CT molecular complexity index is 1110. The number of anilines is 1. The lowest BCUT2D eigenvalue weighted by Gasteiger charge is -2.31. The van der Waals surface area contributed by atoms with Crippen LogP contribution in [0.15, 0.2) is 67.4 Å². The summed E-state index contributed by atoms with van der Waals surface area (Å²) in [6.45, 7) is 9.23. The van der Waals surface area contributed by atoms with E-state index in [1.807, 2.05) is 59.3 Å². The van der Waals surface area contributed by atoms with Gasteiger partial charge in [0.05, 0.1) is 19.3 Å². The molecule has 1 aliphatic rings. The van der Waals surface area contributed by atoms with Gasteiger partial charge in [-0.1, -0.05) is 36.4 Å². The number of hydrogen-bond acceptors (Lipinski definition) is 4. The van der Waals surface area contributed by atoms with E-state index in [4.69, 9.17) is 4.74 Å². The molecule has 172 valence electrons. The molecule has 33 heavy (non-hydrogen) atoms. The maximum absolute atomic E-state index is 13.1. The van der Waals surface area contributed by atoms with Gasteiger partial charge in [0.2, 0.25) is 5.91 Å². The molecule has 1 aromatic heterocycles. The number of benzene rings is 2. The van der Waals surface area contributed by atoms with Crippen LogP contribution in [0.2, 0.25) is 0 Å². The summed E-state index contributed by atoms with van der Waals surface area (Å²) in [4.78, 5) is 15.5. The Balaban J connectivity index is 1.37. The summed E-state index contributed by atoms with van der Waals surface area (Å²) in [5.41, 5.74) is 5.16. The molecular weight excluding hydrogens is 412 g/mol. The third-order valence-electron chi connectivity index (χ3n) is 6.28. The van der Waals surface area contributed by atoms with Gasteiger partial charge in [-0.15, -0.1) is 6.58 Å². The van der Waals surface area contributed by atoms with Crippen molar-refractivity contribution in [2.24, 2.45) is 5.92 Å². The molecule has 3 aromatic rings. The van der Waals surface area contributed by atoms with Crippen LogP contribution in [-0.2, 0) is 17.9 Å². The van der Waals surface area contributed by atoms with Crippen LogP contribution in [0.5, 0.6) is 5.75 Å². The Hall–Kier alpha value is -3.38. The van der Waals surface area contributed by atoms with Gasteiger partial charge in [-0.2, -0.15) is 5.10 Å². The molecule has 2 aromatic carbocycles. The normalized spacial score (nSPS) is 14.7. The number of aryl methyl sites for hydroxylation is 1. The molecule has 0 atom stereocenters. The predicted molar refractivity (Wildman–Crippen MR) is 132 cm³/mol. The number of rotatable bonds is 8. The van der Waals surface area contributed by atoms with E-state index in [0.29, 0.717) is 0 Å². The number of hydrogen-bond donors (Lipinski definition) is 1. The van der Waals surface area contributed by atoms with Gasteiger partial charge in [0.1, 0.15) is 5.75 Å². The van der Waals surface area contributed by atoms with E-state index in [1.165, 1.54) is 5.56 Å². The molecule has 6 heteroatoms. The molecular formula is C27H32N4O2. The van der Waals surface area contributed by atoms with Crippen LogP contribution in [0.3, 0.4) is 0 Å². The molecule has 6 nitrogen and oxygen atoms in total. The number of likely N-dealkylation sites (tertiary alicyclic amines) is 1. The van der Waals surface area contributed by atoms with E-state index < -0.39 is 0 Å². The smallest absolute Gasteiger partial charge is 0.227 e. The standard InChI is InChI=1S/C27H32N4O2/c1-4-14-31-19-23(20(2)29-31)18-30-15-12-21(13-16-30)27(32)28-26-11-6-5-10-25(26)22-8-7-9-24(17-22)33-3/h4-11,17,19,21H,1,12-16,18H2,2-3H3,(H,28,32). The Morgan fingerprint density at radius 2 is 2.00 bits per heavy atom. The van der Waals surface area contributed by atoms with Gasteiger partial charge in [0.25, 0.3) is 0 Å². The number of aromatic nitrogens is 2. The van der Waals surface area contributed by atoms with Crippen LogP contribution in [-0.4, -0.2) is 40.8 Å². The largest absolute Gasteiger partial charge is 0.497 e. The number of amides is 1. The number of ether oxygens (including phenoxy) is 1. The van der Waals surface area contributed by atoms with Gasteiger partial charge in [-0.05, 0) is 56.6 Å². The van der Waals surface area contributed by atoms with Gasteiger partial charge < -0.3 is 10.1 Å². The van der Waals surface area contributed by atoms with Crippen LogP contribution in [0.4, 0.5) is 5.69 Å². The molecule has 1 amide bonds. The summed E-state index contributed by atoms with van der Waals surface area (Å²) in [7, 11) is 1.66. The zero-order valence-electron chi connectivity index (χ0n) is 19.5. The Morgan fingerprint density at radius 1 is 1.21 bits per heavy atom. The van der Waals surface area contributed by atoms with Crippen molar-refractivity contribution in [2.45, 2.75) is 32.9 Å². The summed E-state index contributed by atoms with van der Waals surface area (Å²) < 4.78 is 7.29.